The molecule has 0 radical (unpaired) electrons. The van der Waals surface area contributed by atoms with Crippen molar-refractivity contribution in [3.63, 3.8) is 0 Å². The summed E-state index contributed by atoms with van der Waals surface area (Å²) >= 11 is 1.63. The van der Waals surface area contributed by atoms with E-state index in [1.807, 2.05) is 12.3 Å². The van der Waals surface area contributed by atoms with Crippen molar-refractivity contribution < 1.29 is 0 Å². The standard InChI is InChI=1S/C10H17N3S/c1-8(2)4-5-11-9-6-10(14-3)13-7-12-9/h6-8H,4-5H2,1-3H3,(H,11,12,13). The van der Waals surface area contributed by atoms with Crippen molar-refractivity contribution in [2.24, 2.45) is 5.92 Å². The van der Waals surface area contributed by atoms with Gasteiger partial charge in [-0.05, 0) is 18.6 Å². The van der Waals surface area contributed by atoms with E-state index in [1.54, 1.807) is 18.1 Å². The van der Waals surface area contributed by atoms with E-state index in [4.69, 9.17) is 0 Å². The van der Waals surface area contributed by atoms with E-state index < -0.39 is 0 Å². The van der Waals surface area contributed by atoms with Crippen LogP contribution in [0.3, 0.4) is 0 Å². The molecule has 0 aromatic carbocycles. The highest BCUT2D eigenvalue weighted by Gasteiger charge is 1.97. The van der Waals surface area contributed by atoms with E-state index in [9.17, 15) is 0 Å². The fourth-order valence-electron chi connectivity index (χ4n) is 1.04. The van der Waals surface area contributed by atoms with E-state index in [2.05, 4.69) is 29.1 Å². The van der Waals surface area contributed by atoms with E-state index in [1.165, 1.54) is 6.42 Å². The minimum atomic E-state index is 0.726. The van der Waals surface area contributed by atoms with Gasteiger partial charge in [-0.1, -0.05) is 13.8 Å². The fourth-order valence-corrected chi connectivity index (χ4v) is 1.42. The molecule has 0 bridgehead atoms. The van der Waals surface area contributed by atoms with Crippen LogP contribution in [0.4, 0.5) is 5.82 Å². The van der Waals surface area contributed by atoms with Crippen LogP contribution in [0, 0.1) is 5.92 Å². The zero-order chi connectivity index (χ0) is 10.4. The summed E-state index contributed by atoms with van der Waals surface area (Å²) in [6.45, 7) is 5.41. The van der Waals surface area contributed by atoms with Gasteiger partial charge in [0.15, 0.2) is 0 Å². The lowest BCUT2D eigenvalue weighted by Crippen LogP contribution is -2.06. The third-order valence-electron chi connectivity index (χ3n) is 1.88. The van der Waals surface area contributed by atoms with Crippen LogP contribution in [0.2, 0.25) is 0 Å². The molecule has 14 heavy (non-hydrogen) atoms. The van der Waals surface area contributed by atoms with Gasteiger partial charge in [-0.15, -0.1) is 11.8 Å². The highest BCUT2D eigenvalue weighted by atomic mass is 32.2. The normalized spacial score (nSPS) is 10.6. The first-order chi connectivity index (χ1) is 6.72. The summed E-state index contributed by atoms with van der Waals surface area (Å²) in [6, 6.07) is 1.98. The quantitative estimate of drug-likeness (QED) is 0.600. The molecule has 0 unspecified atom stereocenters. The van der Waals surface area contributed by atoms with Crippen molar-refractivity contribution in [3.05, 3.63) is 12.4 Å². The van der Waals surface area contributed by atoms with Crippen LogP contribution in [0.5, 0.6) is 0 Å². The molecule has 3 nitrogen and oxygen atoms in total. The topological polar surface area (TPSA) is 37.8 Å². The Morgan fingerprint density at radius 2 is 2.21 bits per heavy atom. The first kappa shape index (κ1) is 11.3. The number of hydrogen-bond donors (Lipinski definition) is 1. The molecule has 0 spiro atoms. The Kier molecular flexibility index (Phi) is 4.73. The molecule has 0 saturated carbocycles. The predicted molar refractivity (Wildman–Crippen MR) is 61.8 cm³/mol. The van der Waals surface area contributed by atoms with Crippen LogP contribution in [0.15, 0.2) is 17.4 Å². The van der Waals surface area contributed by atoms with E-state index in [0.29, 0.717) is 0 Å². The molecule has 0 amide bonds. The molecule has 78 valence electrons. The van der Waals surface area contributed by atoms with Crippen molar-refractivity contribution in [1.29, 1.82) is 0 Å². The Balaban J connectivity index is 2.42. The van der Waals surface area contributed by atoms with Gasteiger partial charge in [-0.25, -0.2) is 9.97 Å². The molecule has 0 saturated heterocycles. The smallest absolute Gasteiger partial charge is 0.130 e. The zero-order valence-electron chi connectivity index (χ0n) is 8.95. The van der Waals surface area contributed by atoms with Gasteiger partial charge >= 0.3 is 0 Å². The predicted octanol–water partition coefficient (Wildman–Crippen LogP) is 2.66. The maximum Gasteiger partial charge on any atom is 0.130 e. The summed E-state index contributed by atoms with van der Waals surface area (Å²) in [5, 5.41) is 4.29. The average molecular weight is 211 g/mol. The number of anilines is 1. The van der Waals surface area contributed by atoms with Crippen molar-refractivity contribution in [2.45, 2.75) is 25.3 Å². The molecule has 0 aliphatic rings. The number of nitrogens with one attached hydrogen (secondary N) is 1. The molecule has 0 aliphatic heterocycles. The number of aromatic nitrogens is 2. The van der Waals surface area contributed by atoms with E-state index in [-0.39, 0.29) is 0 Å². The summed E-state index contributed by atoms with van der Waals surface area (Å²) in [5.41, 5.74) is 0. The molecule has 1 heterocycles. The second-order valence-electron chi connectivity index (χ2n) is 3.55. The first-order valence-corrected chi connectivity index (χ1v) is 6.04. The maximum absolute atomic E-state index is 4.15. The Morgan fingerprint density at radius 3 is 2.86 bits per heavy atom. The van der Waals surface area contributed by atoms with Crippen LogP contribution in [0.1, 0.15) is 20.3 Å². The summed E-state index contributed by atoms with van der Waals surface area (Å²) in [4.78, 5) is 8.26. The molecule has 0 aliphatic carbocycles. The zero-order valence-corrected chi connectivity index (χ0v) is 9.77. The Morgan fingerprint density at radius 1 is 1.43 bits per heavy atom. The fraction of sp³-hybridized carbons (Fsp3) is 0.600. The van der Waals surface area contributed by atoms with Gasteiger partial charge < -0.3 is 5.32 Å². The Labute approximate surface area is 89.7 Å². The lowest BCUT2D eigenvalue weighted by Gasteiger charge is -2.07. The Bertz CT molecular complexity index is 276. The van der Waals surface area contributed by atoms with Crippen molar-refractivity contribution in [1.82, 2.24) is 9.97 Å². The minimum Gasteiger partial charge on any atom is -0.370 e. The number of hydrogen-bond acceptors (Lipinski definition) is 4. The summed E-state index contributed by atoms with van der Waals surface area (Å²) in [6.07, 6.45) is 4.78. The van der Waals surface area contributed by atoms with Crippen LogP contribution in [0.25, 0.3) is 0 Å². The molecule has 1 N–H and O–H groups in total. The van der Waals surface area contributed by atoms with Gasteiger partial charge in [0.25, 0.3) is 0 Å². The maximum atomic E-state index is 4.15. The molecular weight excluding hydrogens is 194 g/mol. The van der Waals surface area contributed by atoms with Crippen LogP contribution < -0.4 is 5.32 Å². The van der Waals surface area contributed by atoms with E-state index in [0.717, 1.165) is 23.3 Å². The SMILES string of the molecule is CSc1cc(NCCC(C)C)ncn1. The lowest BCUT2D eigenvalue weighted by molar-refractivity contribution is 0.606. The van der Waals surface area contributed by atoms with Crippen molar-refractivity contribution >= 4 is 17.6 Å². The number of thioether (sulfide) groups is 1. The summed E-state index contributed by atoms with van der Waals surface area (Å²) in [5.74, 6) is 1.65. The second-order valence-corrected chi connectivity index (χ2v) is 4.38. The van der Waals surface area contributed by atoms with Gasteiger partial charge in [0, 0.05) is 12.6 Å². The first-order valence-electron chi connectivity index (χ1n) is 4.82. The molecular formula is C10H17N3S. The van der Waals surface area contributed by atoms with Gasteiger partial charge in [-0.3, -0.25) is 0 Å². The summed E-state index contributed by atoms with van der Waals surface area (Å²) < 4.78 is 0. The Hall–Kier alpha value is -0.770. The molecule has 4 heteroatoms. The summed E-state index contributed by atoms with van der Waals surface area (Å²) in [7, 11) is 0. The van der Waals surface area contributed by atoms with Crippen LogP contribution >= 0.6 is 11.8 Å². The van der Waals surface area contributed by atoms with E-state index >= 15 is 0 Å². The number of nitrogens with zero attached hydrogens (tertiary/aromatic N) is 2. The minimum absolute atomic E-state index is 0.726. The number of rotatable bonds is 5. The van der Waals surface area contributed by atoms with Gasteiger partial charge in [-0.2, -0.15) is 0 Å². The van der Waals surface area contributed by atoms with Gasteiger partial charge in [0.2, 0.25) is 0 Å². The van der Waals surface area contributed by atoms with Crippen molar-refractivity contribution in [2.75, 3.05) is 18.1 Å². The molecule has 1 aromatic heterocycles. The average Bonchev–Trinajstić information content (AvgIpc) is 2.18. The van der Waals surface area contributed by atoms with Crippen LogP contribution in [-0.2, 0) is 0 Å². The third-order valence-corrected chi connectivity index (χ3v) is 2.52. The monoisotopic (exact) mass is 211 g/mol. The highest BCUT2D eigenvalue weighted by molar-refractivity contribution is 7.98. The molecule has 1 aromatic rings. The van der Waals surface area contributed by atoms with Gasteiger partial charge in [0.05, 0.1) is 0 Å². The molecule has 1 rings (SSSR count). The second kappa shape index (κ2) is 5.86. The molecule has 0 fully saturated rings. The van der Waals surface area contributed by atoms with Crippen molar-refractivity contribution in [3.8, 4) is 0 Å². The highest BCUT2D eigenvalue weighted by Crippen LogP contribution is 2.13. The lowest BCUT2D eigenvalue weighted by atomic mass is 10.1. The van der Waals surface area contributed by atoms with Gasteiger partial charge in [0.1, 0.15) is 17.2 Å². The van der Waals surface area contributed by atoms with Crippen LogP contribution in [-0.4, -0.2) is 22.8 Å². The third kappa shape index (κ3) is 3.96. The largest absolute Gasteiger partial charge is 0.370 e. The molecule has 0 atom stereocenters.